The highest BCUT2D eigenvalue weighted by Crippen LogP contribution is 2.18. The zero-order valence-electron chi connectivity index (χ0n) is 11.0. The molecule has 0 saturated heterocycles. The summed E-state index contributed by atoms with van der Waals surface area (Å²) in [6, 6.07) is 0. The molecule has 0 aliphatic heterocycles. The maximum Gasteiger partial charge on any atom is 0.131 e. The predicted octanol–water partition coefficient (Wildman–Crippen LogP) is 1.88. The number of nitrogens with one attached hydrogen (secondary N) is 1. The summed E-state index contributed by atoms with van der Waals surface area (Å²) in [5, 5.41) is 17.8. The van der Waals surface area contributed by atoms with Gasteiger partial charge in [0.15, 0.2) is 0 Å². The number of aliphatic hydroxyl groups is 1. The Kier molecular flexibility index (Phi) is 5.43. The van der Waals surface area contributed by atoms with Gasteiger partial charge in [0.25, 0.3) is 0 Å². The Bertz CT molecular complexity index is 363. The molecule has 1 atom stereocenters. The summed E-state index contributed by atoms with van der Waals surface area (Å²) in [6.07, 6.45) is 0.512. The lowest BCUT2D eigenvalue weighted by Crippen LogP contribution is -2.27. The van der Waals surface area contributed by atoms with E-state index in [4.69, 9.17) is 11.6 Å². The van der Waals surface area contributed by atoms with E-state index in [9.17, 15) is 5.11 Å². The zero-order valence-corrected chi connectivity index (χ0v) is 11.8. The molecule has 0 saturated carbocycles. The highest BCUT2D eigenvalue weighted by molar-refractivity contribution is 6.30. The number of aliphatic hydroxyl groups excluding tert-OH is 1. The Morgan fingerprint density at radius 2 is 2.12 bits per heavy atom. The second-order valence-corrected chi connectivity index (χ2v) is 5.25. The van der Waals surface area contributed by atoms with Crippen molar-refractivity contribution in [3.63, 3.8) is 0 Å². The largest absolute Gasteiger partial charge is 0.392 e. The molecule has 1 aromatic rings. The van der Waals surface area contributed by atoms with Gasteiger partial charge in [-0.1, -0.05) is 25.4 Å². The van der Waals surface area contributed by atoms with Crippen LogP contribution >= 0.6 is 11.6 Å². The van der Waals surface area contributed by atoms with Gasteiger partial charge in [0.2, 0.25) is 0 Å². The minimum Gasteiger partial charge on any atom is -0.392 e. The molecule has 0 bridgehead atoms. The molecule has 1 aromatic heterocycles. The number of halogens is 1. The molecule has 0 fully saturated rings. The van der Waals surface area contributed by atoms with Crippen molar-refractivity contribution in [1.82, 2.24) is 15.1 Å². The molecule has 0 radical (unpaired) electrons. The Morgan fingerprint density at radius 1 is 1.47 bits per heavy atom. The van der Waals surface area contributed by atoms with Gasteiger partial charge in [-0.3, -0.25) is 4.68 Å². The second-order valence-electron chi connectivity index (χ2n) is 4.89. The van der Waals surface area contributed by atoms with Crippen molar-refractivity contribution in [2.24, 2.45) is 13.0 Å². The van der Waals surface area contributed by atoms with Gasteiger partial charge < -0.3 is 10.4 Å². The maximum absolute atomic E-state index is 9.73. The lowest BCUT2D eigenvalue weighted by Gasteiger charge is -2.13. The van der Waals surface area contributed by atoms with Crippen molar-refractivity contribution in [1.29, 1.82) is 0 Å². The van der Waals surface area contributed by atoms with Crippen molar-refractivity contribution < 1.29 is 5.11 Å². The smallest absolute Gasteiger partial charge is 0.131 e. The van der Waals surface area contributed by atoms with Crippen molar-refractivity contribution in [2.75, 3.05) is 6.54 Å². The van der Waals surface area contributed by atoms with E-state index >= 15 is 0 Å². The predicted molar refractivity (Wildman–Crippen MR) is 70.1 cm³/mol. The molecule has 0 spiro atoms. The Hall–Kier alpha value is -0.580. The van der Waals surface area contributed by atoms with Crippen LogP contribution in [0.25, 0.3) is 0 Å². The fourth-order valence-electron chi connectivity index (χ4n) is 1.87. The van der Waals surface area contributed by atoms with Crippen LogP contribution in [0.2, 0.25) is 5.15 Å². The van der Waals surface area contributed by atoms with E-state index in [1.54, 1.807) is 4.68 Å². The molecular formula is C12H22ClN3O. The van der Waals surface area contributed by atoms with Crippen LogP contribution in [0.4, 0.5) is 0 Å². The lowest BCUT2D eigenvalue weighted by molar-refractivity contribution is 0.146. The van der Waals surface area contributed by atoms with Crippen molar-refractivity contribution >= 4 is 11.6 Å². The fourth-order valence-corrected chi connectivity index (χ4v) is 2.11. The molecule has 98 valence electrons. The second kappa shape index (κ2) is 6.38. The normalized spacial score (nSPS) is 13.4. The molecule has 0 aliphatic carbocycles. The first-order valence-electron chi connectivity index (χ1n) is 5.98. The Labute approximate surface area is 108 Å². The van der Waals surface area contributed by atoms with Gasteiger partial charge in [-0.15, -0.1) is 0 Å². The average molecular weight is 260 g/mol. The molecule has 1 rings (SSSR count). The number of rotatable bonds is 6. The summed E-state index contributed by atoms with van der Waals surface area (Å²) < 4.78 is 1.67. The van der Waals surface area contributed by atoms with Gasteiger partial charge in [0.05, 0.1) is 11.8 Å². The summed E-state index contributed by atoms with van der Waals surface area (Å²) in [4.78, 5) is 0. The third-order valence-corrected chi connectivity index (χ3v) is 3.17. The highest BCUT2D eigenvalue weighted by Gasteiger charge is 2.12. The van der Waals surface area contributed by atoms with E-state index in [0.717, 1.165) is 17.7 Å². The van der Waals surface area contributed by atoms with Gasteiger partial charge >= 0.3 is 0 Å². The summed E-state index contributed by atoms with van der Waals surface area (Å²) in [7, 11) is 1.83. The topological polar surface area (TPSA) is 50.1 Å². The van der Waals surface area contributed by atoms with Gasteiger partial charge in [-0.25, -0.2) is 0 Å². The van der Waals surface area contributed by atoms with Gasteiger partial charge in [-0.05, 0) is 19.3 Å². The monoisotopic (exact) mass is 259 g/mol. The van der Waals surface area contributed by atoms with Crippen molar-refractivity contribution in [3.05, 3.63) is 16.4 Å². The van der Waals surface area contributed by atoms with Crippen molar-refractivity contribution in [3.8, 4) is 0 Å². The molecule has 4 nitrogen and oxygen atoms in total. The third-order valence-electron chi connectivity index (χ3n) is 2.70. The summed E-state index contributed by atoms with van der Waals surface area (Å²) in [5.74, 6) is 0.510. The molecule has 0 aliphatic rings. The van der Waals surface area contributed by atoms with Crippen LogP contribution in [0.3, 0.4) is 0 Å². The van der Waals surface area contributed by atoms with E-state index in [1.807, 2.05) is 14.0 Å². The minimum absolute atomic E-state index is 0.300. The average Bonchev–Trinajstić information content (AvgIpc) is 2.43. The number of hydrogen-bond donors (Lipinski definition) is 2. The summed E-state index contributed by atoms with van der Waals surface area (Å²) in [5.41, 5.74) is 1.94. The number of nitrogens with zero attached hydrogens (tertiary/aromatic N) is 2. The Balaban J connectivity index is 2.41. The van der Waals surface area contributed by atoms with Crippen molar-refractivity contribution in [2.45, 2.75) is 39.8 Å². The van der Waals surface area contributed by atoms with E-state index in [2.05, 4.69) is 24.3 Å². The van der Waals surface area contributed by atoms with Crippen LogP contribution in [0.5, 0.6) is 0 Å². The highest BCUT2D eigenvalue weighted by atomic mass is 35.5. The van der Waals surface area contributed by atoms with Gasteiger partial charge in [0, 0.05) is 25.7 Å². The molecule has 0 aromatic carbocycles. The molecule has 0 amide bonds. The van der Waals surface area contributed by atoms with Crippen LogP contribution in [0, 0.1) is 12.8 Å². The first kappa shape index (κ1) is 14.5. The fraction of sp³-hybridized carbons (Fsp3) is 0.750. The number of hydrogen-bond acceptors (Lipinski definition) is 3. The quantitative estimate of drug-likeness (QED) is 0.820. The summed E-state index contributed by atoms with van der Waals surface area (Å²) >= 11 is 6.11. The maximum atomic E-state index is 9.73. The van der Waals surface area contributed by atoms with E-state index in [0.29, 0.717) is 24.2 Å². The molecule has 17 heavy (non-hydrogen) atoms. The van der Waals surface area contributed by atoms with Gasteiger partial charge in [0.1, 0.15) is 5.15 Å². The van der Waals surface area contributed by atoms with E-state index < -0.39 is 0 Å². The first-order valence-corrected chi connectivity index (χ1v) is 6.36. The zero-order chi connectivity index (χ0) is 13.0. The van der Waals surface area contributed by atoms with Crippen LogP contribution < -0.4 is 5.32 Å². The minimum atomic E-state index is -0.300. The molecule has 5 heteroatoms. The lowest BCUT2D eigenvalue weighted by atomic mass is 10.1. The third kappa shape index (κ3) is 4.30. The number of aromatic nitrogens is 2. The van der Waals surface area contributed by atoms with E-state index in [-0.39, 0.29) is 6.10 Å². The standard InChI is InChI=1S/C12H22ClN3O/c1-8(2)5-10(17)6-14-7-11-9(3)15-16(4)12(11)13/h8,10,14,17H,5-7H2,1-4H3. The first-order chi connectivity index (χ1) is 7.91. The Morgan fingerprint density at radius 3 is 2.59 bits per heavy atom. The molecule has 2 N–H and O–H groups in total. The van der Waals surface area contributed by atoms with Gasteiger partial charge in [-0.2, -0.15) is 5.10 Å². The van der Waals surface area contributed by atoms with Crippen LogP contribution in [0.1, 0.15) is 31.5 Å². The van der Waals surface area contributed by atoms with Crippen LogP contribution in [-0.4, -0.2) is 27.5 Å². The van der Waals surface area contributed by atoms with E-state index in [1.165, 1.54) is 0 Å². The van der Waals surface area contributed by atoms with Crippen LogP contribution in [0.15, 0.2) is 0 Å². The molecule has 1 heterocycles. The summed E-state index contributed by atoms with van der Waals surface area (Å²) in [6.45, 7) is 7.38. The molecular weight excluding hydrogens is 238 g/mol. The SMILES string of the molecule is Cc1nn(C)c(Cl)c1CNCC(O)CC(C)C. The number of aryl methyl sites for hydroxylation is 2. The van der Waals surface area contributed by atoms with Crippen LogP contribution in [-0.2, 0) is 13.6 Å². The molecule has 1 unspecified atom stereocenters.